The third-order valence-electron chi connectivity index (χ3n) is 4.27. The lowest BCUT2D eigenvalue weighted by molar-refractivity contribution is -0.125. The molecule has 118 valence electrons. The molecular weight excluding hydrogens is 280 g/mol. The Bertz CT molecular complexity index is 526. The standard InChI is InChI=1S/C16H22N4O2/c21-15-10-14(18-19-15)16(22)17-13-6-8-20(9-7-13)11-12-4-2-1-3-5-12/h1-5,13-14,18H,6-11H2,(H,17,22)(H,19,21). The average molecular weight is 302 g/mol. The van der Waals surface area contributed by atoms with Crippen LogP contribution >= 0.6 is 0 Å². The van der Waals surface area contributed by atoms with Crippen LogP contribution in [-0.2, 0) is 16.1 Å². The largest absolute Gasteiger partial charge is 0.352 e. The molecule has 6 heteroatoms. The number of nitrogens with one attached hydrogen (secondary N) is 3. The summed E-state index contributed by atoms with van der Waals surface area (Å²) in [5.74, 6) is -0.210. The lowest BCUT2D eigenvalue weighted by Crippen LogP contribution is -2.50. The molecule has 3 rings (SSSR count). The second-order valence-electron chi connectivity index (χ2n) is 5.99. The normalized spacial score (nSPS) is 23.3. The number of likely N-dealkylation sites (tertiary alicyclic amines) is 1. The van der Waals surface area contributed by atoms with Gasteiger partial charge in [-0.2, -0.15) is 0 Å². The summed E-state index contributed by atoms with van der Waals surface area (Å²) in [7, 11) is 0. The smallest absolute Gasteiger partial charge is 0.239 e. The molecule has 0 spiro atoms. The quantitative estimate of drug-likeness (QED) is 0.741. The van der Waals surface area contributed by atoms with Crippen molar-refractivity contribution in [2.75, 3.05) is 13.1 Å². The lowest BCUT2D eigenvalue weighted by Gasteiger charge is -2.32. The molecule has 0 bridgehead atoms. The molecule has 1 atom stereocenters. The summed E-state index contributed by atoms with van der Waals surface area (Å²) in [6, 6.07) is 10.2. The van der Waals surface area contributed by atoms with Crippen LogP contribution in [0.2, 0.25) is 0 Å². The van der Waals surface area contributed by atoms with Gasteiger partial charge in [-0.25, -0.2) is 5.43 Å². The van der Waals surface area contributed by atoms with E-state index in [1.165, 1.54) is 5.56 Å². The molecule has 1 aromatic rings. The highest BCUT2D eigenvalue weighted by Crippen LogP contribution is 2.14. The van der Waals surface area contributed by atoms with Crippen molar-refractivity contribution in [2.45, 2.75) is 37.9 Å². The first kappa shape index (κ1) is 15.0. The van der Waals surface area contributed by atoms with Crippen LogP contribution in [0.4, 0.5) is 0 Å². The second-order valence-corrected chi connectivity index (χ2v) is 5.99. The van der Waals surface area contributed by atoms with E-state index < -0.39 is 6.04 Å². The van der Waals surface area contributed by atoms with Crippen molar-refractivity contribution in [3.63, 3.8) is 0 Å². The first-order valence-electron chi connectivity index (χ1n) is 7.82. The van der Waals surface area contributed by atoms with Crippen LogP contribution in [0, 0.1) is 0 Å². The summed E-state index contributed by atoms with van der Waals surface area (Å²) in [4.78, 5) is 25.6. The first-order chi connectivity index (χ1) is 10.7. The van der Waals surface area contributed by atoms with E-state index in [2.05, 4.69) is 45.3 Å². The molecule has 1 unspecified atom stereocenters. The number of carbonyl (C=O) groups excluding carboxylic acids is 2. The SMILES string of the molecule is O=C1CC(C(=O)NC2CCN(Cc3ccccc3)CC2)NN1. The van der Waals surface area contributed by atoms with Crippen molar-refractivity contribution in [2.24, 2.45) is 0 Å². The number of carbonyl (C=O) groups is 2. The van der Waals surface area contributed by atoms with Crippen LogP contribution < -0.4 is 16.2 Å². The van der Waals surface area contributed by atoms with E-state index >= 15 is 0 Å². The van der Waals surface area contributed by atoms with Gasteiger partial charge < -0.3 is 5.32 Å². The number of hydrogen-bond acceptors (Lipinski definition) is 4. The molecule has 3 N–H and O–H groups in total. The number of hydrogen-bond donors (Lipinski definition) is 3. The van der Waals surface area contributed by atoms with Gasteiger partial charge in [-0.05, 0) is 18.4 Å². The van der Waals surface area contributed by atoms with E-state index in [1.54, 1.807) is 0 Å². The van der Waals surface area contributed by atoms with Gasteiger partial charge in [0.1, 0.15) is 6.04 Å². The minimum Gasteiger partial charge on any atom is -0.352 e. The van der Waals surface area contributed by atoms with Crippen molar-refractivity contribution in [3.05, 3.63) is 35.9 Å². The number of hydrazine groups is 1. The molecular formula is C16H22N4O2. The van der Waals surface area contributed by atoms with Gasteiger partial charge in [0.2, 0.25) is 11.8 Å². The summed E-state index contributed by atoms with van der Waals surface area (Å²) in [5.41, 5.74) is 6.50. The fourth-order valence-electron chi connectivity index (χ4n) is 2.99. The first-order valence-corrected chi connectivity index (χ1v) is 7.82. The van der Waals surface area contributed by atoms with Crippen molar-refractivity contribution < 1.29 is 9.59 Å². The van der Waals surface area contributed by atoms with Crippen molar-refractivity contribution in [1.82, 2.24) is 21.1 Å². The Hall–Kier alpha value is -1.92. The Kier molecular flexibility index (Phi) is 4.70. The zero-order valence-corrected chi connectivity index (χ0v) is 12.5. The maximum Gasteiger partial charge on any atom is 0.239 e. The van der Waals surface area contributed by atoms with Crippen molar-refractivity contribution >= 4 is 11.8 Å². The fourth-order valence-corrected chi connectivity index (χ4v) is 2.99. The monoisotopic (exact) mass is 302 g/mol. The van der Waals surface area contributed by atoms with Gasteiger partial charge in [-0.3, -0.25) is 19.9 Å². The molecule has 0 aromatic heterocycles. The predicted molar refractivity (Wildman–Crippen MR) is 82.6 cm³/mol. The summed E-state index contributed by atoms with van der Waals surface area (Å²) in [6.45, 7) is 2.92. The number of nitrogens with zero attached hydrogens (tertiary/aromatic N) is 1. The van der Waals surface area contributed by atoms with Crippen molar-refractivity contribution in [1.29, 1.82) is 0 Å². The van der Waals surface area contributed by atoms with Gasteiger partial charge in [0.25, 0.3) is 0 Å². The van der Waals surface area contributed by atoms with Crippen LogP contribution in [-0.4, -0.2) is 41.9 Å². The van der Waals surface area contributed by atoms with Gasteiger partial charge in [-0.1, -0.05) is 30.3 Å². The Balaban J connectivity index is 1.42. The highest BCUT2D eigenvalue weighted by molar-refractivity contribution is 5.90. The van der Waals surface area contributed by atoms with Crippen LogP contribution in [0.25, 0.3) is 0 Å². The van der Waals surface area contributed by atoms with E-state index in [-0.39, 0.29) is 24.3 Å². The second kappa shape index (κ2) is 6.89. The van der Waals surface area contributed by atoms with Gasteiger partial charge in [0.15, 0.2) is 0 Å². The van der Waals surface area contributed by atoms with Gasteiger partial charge in [0.05, 0.1) is 6.42 Å². The van der Waals surface area contributed by atoms with Gasteiger partial charge >= 0.3 is 0 Å². The van der Waals surface area contributed by atoms with E-state index in [9.17, 15) is 9.59 Å². The molecule has 2 amide bonds. The molecule has 22 heavy (non-hydrogen) atoms. The Labute approximate surface area is 130 Å². The molecule has 2 aliphatic rings. The van der Waals surface area contributed by atoms with E-state index in [4.69, 9.17) is 0 Å². The van der Waals surface area contributed by atoms with Crippen LogP contribution in [0.15, 0.2) is 30.3 Å². The summed E-state index contributed by atoms with van der Waals surface area (Å²) < 4.78 is 0. The van der Waals surface area contributed by atoms with Gasteiger partial charge in [0, 0.05) is 25.7 Å². The van der Waals surface area contributed by atoms with Crippen LogP contribution in [0.3, 0.4) is 0 Å². The van der Waals surface area contributed by atoms with Crippen LogP contribution in [0.1, 0.15) is 24.8 Å². The average Bonchev–Trinajstić information content (AvgIpc) is 2.97. The molecule has 1 aromatic carbocycles. The van der Waals surface area contributed by atoms with Crippen LogP contribution in [0.5, 0.6) is 0 Å². The molecule has 0 radical (unpaired) electrons. The van der Waals surface area contributed by atoms with E-state index in [0.717, 1.165) is 32.5 Å². The van der Waals surface area contributed by atoms with Gasteiger partial charge in [-0.15, -0.1) is 0 Å². The zero-order chi connectivity index (χ0) is 15.4. The zero-order valence-electron chi connectivity index (χ0n) is 12.5. The Morgan fingerprint density at radius 1 is 1.23 bits per heavy atom. The minimum absolute atomic E-state index is 0.0835. The highest BCUT2D eigenvalue weighted by atomic mass is 16.2. The third-order valence-corrected chi connectivity index (χ3v) is 4.27. The minimum atomic E-state index is -0.435. The fraction of sp³-hybridized carbons (Fsp3) is 0.500. The third kappa shape index (κ3) is 3.84. The molecule has 6 nitrogen and oxygen atoms in total. The Morgan fingerprint density at radius 2 is 1.95 bits per heavy atom. The molecule has 0 aliphatic carbocycles. The maximum atomic E-state index is 12.1. The van der Waals surface area contributed by atoms with Crippen molar-refractivity contribution in [3.8, 4) is 0 Å². The maximum absolute atomic E-state index is 12.1. The molecule has 2 heterocycles. The number of rotatable bonds is 4. The summed E-state index contributed by atoms with van der Waals surface area (Å²) in [6.07, 6.45) is 2.12. The molecule has 2 aliphatic heterocycles. The van der Waals surface area contributed by atoms with E-state index in [0.29, 0.717) is 0 Å². The predicted octanol–water partition coefficient (Wildman–Crippen LogP) is 0.160. The molecule has 2 saturated heterocycles. The molecule has 0 saturated carbocycles. The lowest BCUT2D eigenvalue weighted by atomic mass is 10.0. The number of benzene rings is 1. The number of amides is 2. The molecule has 2 fully saturated rings. The topological polar surface area (TPSA) is 73.5 Å². The number of piperidine rings is 1. The Morgan fingerprint density at radius 3 is 2.59 bits per heavy atom. The highest BCUT2D eigenvalue weighted by Gasteiger charge is 2.29. The van der Waals surface area contributed by atoms with E-state index in [1.807, 2.05) is 6.07 Å². The summed E-state index contributed by atoms with van der Waals surface area (Å²) in [5, 5.41) is 3.05. The summed E-state index contributed by atoms with van der Waals surface area (Å²) >= 11 is 0.